The first-order valence-corrected chi connectivity index (χ1v) is 6.22. The molecule has 0 bridgehead atoms. The highest BCUT2D eigenvalue weighted by Crippen LogP contribution is 2.26. The van der Waals surface area contributed by atoms with Gasteiger partial charge in [0.05, 0.1) is 0 Å². The Morgan fingerprint density at radius 3 is 2.37 bits per heavy atom. The van der Waals surface area contributed by atoms with E-state index in [1.807, 2.05) is 13.8 Å². The first kappa shape index (κ1) is 15.2. The number of hydrogen-bond acceptors (Lipinski definition) is 3. The number of amides is 2. The molecule has 0 radical (unpaired) electrons. The van der Waals surface area contributed by atoms with Crippen molar-refractivity contribution >= 4 is 11.8 Å². The molecule has 0 aliphatic rings. The van der Waals surface area contributed by atoms with Gasteiger partial charge in [-0.25, -0.2) is 9.89 Å². The van der Waals surface area contributed by atoms with E-state index in [9.17, 15) is 9.59 Å². The number of nitrogens with one attached hydrogen (secondary N) is 3. The number of carbonyl (C=O) groups excluding carboxylic acids is 1. The summed E-state index contributed by atoms with van der Waals surface area (Å²) in [5.74, 6) is 0.309. The maximum absolute atomic E-state index is 11.8. The van der Waals surface area contributed by atoms with E-state index in [-0.39, 0.29) is 22.5 Å². The fourth-order valence-corrected chi connectivity index (χ4v) is 2.24. The van der Waals surface area contributed by atoms with E-state index < -0.39 is 0 Å². The molecule has 3 N–H and O–H groups in total. The summed E-state index contributed by atoms with van der Waals surface area (Å²) in [6.07, 6.45) is 0.840. The zero-order chi connectivity index (χ0) is 14.7. The third-order valence-electron chi connectivity index (χ3n) is 2.34. The van der Waals surface area contributed by atoms with E-state index in [1.54, 1.807) is 0 Å². The standard InChI is InChI=1S/C13H22N4O2/c1-12(2,3)8-13(4,5)15-11(19)14-9-6-7-10(18)17-16-9/h6-7H,8H2,1-5H3,(H,17,18)(H2,14,15,16,19). The van der Waals surface area contributed by atoms with E-state index in [2.05, 4.69) is 41.6 Å². The predicted molar refractivity (Wildman–Crippen MR) is 75.2 cm³/mol. The molecular weight excluding hydrogens is 244 g/mol. The van der Waals surface area contributed by atoms with Gasteiger partial charge in [0.25, 0.3) is 5.56 Å². The van der Waals surface area contributed by atoms with Gasteiger partial charge in [0.15, 0.2) is 5.82 Å². The Kier molecular flexibility index (Phi) is 4.34. The fraction of sp³-hybridized carbons (Fsp3) is 0.615. The van der Waals surface area contributed by atoms with Gasteiger partial charge < -0.3 is 5.32 Å². The zero-order valence-corrected chi connectivity index (χ0v) is 12.1. The third kappa shape index (κ3) is 6.03. The molecular formula is C13H22N4O2. The molecule has 6 nitrogen and oxygen atoms in total. The highest BCUT2D eigenvalue weighted by molar-refractivity contribution is 5.88. The van der Waals surface area contributed by atoms with Crippen molar-refractivity contribution < 1.29 is 4.79 Å². The van der Waals surface area contributed by atoms with E-state index in [1.165, 1.54) is 12.1 Å². The molecule has 0 aliphatic carbocycles. The average molecular weight is 266 g/mol. The number of hydrogen-bond donors (Lipinski definition) is 3. The second-order valence-corrected chi connectivity index (χ2v) is 6.51. The van der Waals surface area contributed by atoms with Crippen LogP contribution >= 0.6 is 0 Å². The largest absolute Gasteiger partial charge is 0.333 e. The van der Waals surface area contributed by atoms with Gasteiger partial charge in [0, 0.05) is 11.6 Å². The minimum absolute atomic E-state index is 0.118. The minimum atomic E-state index is -0.339. The zero-order valence-electron chi connectivity index (χ0n) is 12.1. The summed E-state index contributed by atoms with van der Waals surface area (Å²) in [7, 11) is 0. The Balaban J connectivity index is 2.60. The van der Waals surface area contributed by atoms with E-state index in [4.69, 9.17) is 0 Å². The summed E-state index contributed by atoms with van der Waals surface area (Å²) < 4.78 is 0. The molecule has 0 aliphatic heterocycles. The number of H-pyrrole nitrogens is 1. The van der Waals surface area contributed by atoms with Crippen LogP contribution in [0, 0.1) is 5.41 Å². The number of rotatable bonds is 3. The van der Waals surface area contributed by atoms with Crippen molar-refractivity contribution in [3.63, 3.8) is 0 Å². The van der Waals surface area contributed by atoms with Crippen LogP contribution in [0.2, 0.25) is 0 Å². The first-order valence-electron chi connectivity index (χ1n) is 6.22. The summed E-state index contributed by atoms with van der Waals surface area (Å²) in [5.41, 5.74) is -0.517. The van der Waals surface area contributed by atoms with Crippen LogP contribution in [0.25, 0.3) is 0 Å². The van der Waals surface area contributed by atoms with Crippen LogP contribution in [0.4, 0.5) is 10.6 Å². The van der Waals surface area contributed by atoms with Crippen LogP contribution in [-0.2, 0) is 0 Å². The second-order valence-electron chi connectivity index (χ2n) is 6.51. The van der Waals surface area contributed by atoms with Gasteiger partial charge in [-0.1, -0.05) is 20.8 Å². The summed E-state index contributed by atoms with van der Waals surface area (Å²) in [6, 6.07) is 2.42. The predicted octanol–water partition coefficient (Wildman–Crippen LogP) is 2.11. The molecule has 2 amide bonds. The fourth-order valence-electron chi connectivity index (χ4n) is 2.24. The number of carbonyl (C=O) groups is 1. The molecule has 19 heavy (non-hydrogen) atoms. The molecule has 0 saturated carbocycles. The van der Waals surface area contributed by atoms with Gasteiger partial charge in [-0.2, -0.15) is 5.10 Å². The molecule has 0 unspecified atom stereocenters. The highest BCUT2D eigenvalue weighted by atomic mass is 16.2. The molecule has 1 aromatic rings. The second kappa shape index (κ2) is 5.42. The quantitative estimate of drug-likeness (QED) is 0.783. The van der Waals surface area contributed by atoms with E-state index in [0.29, 0.717) is 5.82 Å². The number of aromatic nitrogens is 2. The van der Waals surface area contributed by atoms with Crippen LogP contribution < -0.4 is 16.2 Å². The van der Waals surface area contributed by atoms with Crippen LogP contribution in [0.3, 0.4) is 0 Å². The van der Waals surface area contributed by atoms with Crippen molar-refractivity contribution in [2.24, 2.45) is 5.41 Å². The van der Waals surface area contributed by atoms with Gasteiger partial charge >= 0.3 is 6.03 Å². The first-order chi connectivity index (χ1) is 8.57. The van der Waals surface area contributed by atoms with Crippen molar-refractivity contribution in [1.29, 1.82) is 0 Å². The summed E-state index contributed by atoms with van der Waals surface area (Å²) in [4.78, 5) is 22.7. The summed E-state index contributed by atoms with van der Waals surface area (Å²) >= 11 is 0. The van der Waals surface area contributed by atoms with Gasteiger partial charge in [-0.05, 0) is 31.7 Å². The van der Waals surface area contributed by atoms with E-state index in [0.717, 1.165) is 6.42 Å². The molecule has 0 aromatic carbocycles. The van der Waals surface area contributed by atoms with Crippen LogP contribution in [0.15, 0.2) is 16.9 Å². The Morgan fingerprint density at radius 1 is 1.26 bits per heavy atom. The summed E-state index contributed by atoms with van der Waals surface area (Å²) in [5, 5.41) is 11.4. The SMILES string of the molecule is CC(C)(C)CC(C)(C)NC(=O)Nc1ccc(=O)[nH]n1. The van der Waals surface area contributed by atoms with Crippen LogP contribution in [-0.4, -0.2) is 21.8 Å². The lowest BCUT2D eigenvalue weighted by atomic mass is 9.82. The lowest BCUT2D eigenvalue weighted by Gasteiger charge is -2.33. The Labute approximate surface area is 113 Å². The number of anilines is 1. The van der Waals surface area contributed by atoms with E-state index >= 15 is 0 Å². The molecule has 6 heteroatoms. The van der Waals surface area contributed by atoms with Crippen molar-refractivity contribution in [3.05, 3.63) is 22.5 Å². The lowest BCUT2D eigenvalue weighted by molar-refractivity contribution is 0.220. The molecule has 0 atom stereocenters. The Hall–Kier alpha value is -1.85. The molecule has 1 heterocycles. The third-order valence-corrected chi connectivity index (χ3v) is 2.34. The smallest absolute Gasteiger partial charge is 0.320 e. The topological polar surface area (TPSA) is 86.9 Å². The normalized spacial score (nSPS) is 12.1. The van der Waals surface area contributed by atoms with Crippen LogP contribution in [0.1, 0.15) is 41.0 Å². The monoisotopic (exact) mass is 266 g/mol. The summed E-state index contributed by atoms with van der Waals surface area (Å²) in [6.45, 7) is 10.3. The Bertz CT molecular complexity index is 480. The highest BCUT2D eigenvalue weighted by Gasteiger charge is 2.27. The molecule has 1 aromatic heterocycles. The van der Waals surface area contributed by atoms with Gasteiger partial charge in [-0.15, -0.1) is 0 Å². The average Bonchev–Trinajstić information content (AvgIpc) is 2.16. The van der Waals surface area contributed by atoms with Crippen molar-refractivity contribution in [2.45, 2.75) is 46.6 Å². The number of urea groups is 1. The van der Waals surface area contributed by atoms with Gasteiger partial charge in [-0.3, -0.25) is 10.1 Å². The number of aromatic amines is 1. The maximum atomic E-state index is 11.8. The van der Waals surface area contributed by atoms with Crippen LogP contribution in [0.5, 0.6) is 0 Å². The van der Waals surface area contributed by atoms with Gasteiger partial charge in [0.2, 0.25) is 0 Å². The van der Waals surface area contributed by atoms with Crippen molar-refractivity contribution in [3.8, 4) is 0 Å². The molecule has 0 spiro atoms. The molecule has 106 valence electrons. The molecule has 1 rings (SSSR count). The van der Waals surface area contributed by atoms with Crippen molar-refractivity contribution in [1.82, 2.24) is 15.5 Å². The Morgan fingerprint density at radius 2 is 1.89 bits per heavy atom. The lowest BCUT2D eigenvalue weighted by Crippen LogP contribution is -2.47. The minimum Gasteiger partial charge on any atom is -0.333 e. The van der Waals surface area contributed by atoms with Gasteiger partial charge in [0.1, 0.15) is 0 Å². The molecule has 0 saturated heterocycles. The van der Waals surface area contributed by atoms with Crippen molar-refractivity contribution in [2.75, 3.05) is 5.32 Å². The maximum Gasteiger partial charge on any atom is 0.320 e. The molecule has 0 fully saturated rings. The number of nitrogens with zero attached hydrogens (tertiary/aromatic N) is 1.